The molecule has 2 N–H and O–H groups in total. The summed E-state index contributed by atoms with van der Waals surface area (Å²) in [6.45, 7) is 2.91. The fraction of sp³-hybridized carbons (Fsp3) is 0.500. The second kappa shape index (κ2) is 3.90. The fourth-order valence-electron chi connectivity index (χ4n) is 3.42. The molecule has 3 aliphatic rings. The summed E-state index contributed by atoms with van der Waals surface area (Å²) in [6, 6.07) is 6.70. The van der Waals surface area contributed by atoms with Crippen molar-refractivity contribution in [1.82, 2.24) is 10.7 Å². The van der Waals surface area contributed by atoms with Crippen molar-refractivity contribution in [2.75, 3.05) is 24.6 Å². The van der Waals surface area contributed by atoms with Crippen molar-refractivity contribution < 1.29 is 0 Å². The Morgan fingerprint density at radius 2 is 2.39 bits per heavy atom. The van der Waals surface area contributed by atoms with Gasteiger partial charge in [-0.15, -0.1) is 0 Å². The SMILES string of the molecule is c1cc2c3c(c1)N(NC1=NCCN1)CC3CCC2. The second-order valence-corrected chi connectivity index (χ2v) is 5.32. The van der Waals surface area contributed by atoms with E-state index in [-0.39, 0.29) is 0 Å². The zero-order valence-corrected chi connectivity index (χ0v) is 10.4. The van der Waals surface area contributed by atoms with Gasteiger partial charge in [0.1, 0.15) is 0 Å². The highest BCUT2D eigenvalue weighted by Gasteiger charge is 2.33. The standard InChI is InChI=1S/C14H18N4/c1-3-10-4-2-6-12-13(10)11(5-1)9-18(12)17-14-15-7-8-16-14/h2,4,6,11H,1,3,5,7-9H2,(H2,15,16,17). The van der Waals surface area contributed by atoms with Crippen LogP contribution in [0.3, 0.4) is 0 Å². The molecule has 0 saturated heterocycles. The highest BCUT2D eigenvalue weighted by molar-refractivity contribution is 5.83. The minimum absolute atomic E-state index is 0.708. The lowest BCUT2D eigenvalue weighted by Crippen LogP contribution is -2.46. The third-order valence-electron chi connectivity index (χ3n) is 4.19. The van der Waals surface area contributed by atoms with Crippen LogP contribution in [0.25, 0.3) is 0 Å². The van der Waals surface area contributed by atoms with Gasteiger partial charge in [-0.05, 0) is 36.5 Å². The first-order valence-electron chi connectivity index (χ1n) is 6.86. The van der Waals surface area contributed by atoms with Crippen LogP contribution < -0.4 is 15.8 Å². The van der Waals surface area contributed by atoms with Crippen LogP contribution in [-0.2, 0) is 6.42 Å². The summed E-state index contributed by atoms with van der Waals surface area (Å²) >= 11 is 0. The molecule has 2 heterocycles. The summed E-state index contributed by atoms with van der Waals surface area (Å²) in [7, 11) is 0. The molecule has 4 nitrogen and oxygen atoms in total. The smallest absolute Gasteiger partial charge is 0.210 e. The molecule has 4 rings (SSSR count). The summed E-state index contributed by atoms with van der Waals surface area (Å²) in [5.74, 6) is 1.63. The number of hydrogen-bond acceptors (Lipinski definition) is 4. The van der Waals surface area contributed by atoms with Gasteiger partial charge in [-0.2, -0.15) is 0 Å². The van der Waals surface area contributed by atoms with Crippen molar-refractivity contribution in [2.24, 2.45) is 4.99 Å². The average Bonchev–Trinajstić information content (AvgIpc) is 3.01. The molecule has 94 valence electrons. The zero-order chi connectivity index (χ0) is 11.9. The van der Waals surface area contributed by atoms with E-state index in [4.69, 9.17) is 0 Å². The largest absolute Gasteiger partial charge is 0.353 e. The highest BCUT2D eigenvalue weighted by Crippen LogP contribution is 2.43. The Labute approximate surface area is 107 Å². The molecule has 1 atom stereocenters. The van der Waals surface area contributed by atoms with Gasteiger partial charge in [-0.3, -0.25) is 15.4 Å². The minimum atomic E-state index is 0.708. The molecule has 0 radical (unpaired) electrons. The first-order valence-corrected chi connectivity index (χ1v) is 6.86. The number of aliphatic imine (C=N–C) groups is 1. The Balaban J connectivity index is 1.67. The Bertz CT molecular complexity index is 509. The molecule has 18 heavy (non-hydrogen) atoms. The molecule has 0 amide bonds. The second-order valence-electron chi connectivity index (χ2n) is 5.32. The van der Waals surface area contributed by atoms with Crippen LogP contribution in [0, 0.1) is 0 Å². The number of hydrogen-bond donors (Lipinski definition) is 2. The van der Waals surface area contributed by atoms with Crippen LogP contribution in [0.2, 0.25) is 0 Å². The number of anilines is 1. The fourth-order valence-corrected chi connectivity index (χ4v) is 3.42. The summed E-state index contributed by atoms with van der Waals surface area (Å²) in [5, 5.41) is 5.54. The maximum atomic E-state index is 4.41. The zero-order valence-electron chi connectivity index (χ0n) is 10.4. The first kappa shape index (κ1) is 10.2. The van der Waals surface area contributed by atoms with Crippen molar-refractivity contribution in [3.8, 4) is 0 Å². The van der Waals surface area contributed by atoms with Gasteiger partial charge in [0, 0.05) is 19.0 Å². The third-order valence-corrected chi connectivity index (χ3v) is 4.19. The molecule has 0 spiro atoms. The molecule has 0 bridgehead atoms. The normalized spacial score (nSPS) is 24.6. The topological polar surface area (TPSA) is 39.7 Å². The monoisotopic (exact) mass is 242 g/mol. The quantitative estimate of drug-likeness (QED) is 0.782. The Hall–Kier alpha value is -1.71. The van der Waals surface area contributed by atoms with Crippen molar-refractivity contribution in [2.45, 2.75) is 25.2 Å². The van der Waals surface area contributed by atoms with Crippen LogP contribution in [0.4, 0.5) is 5.69 Å². The van der Waals surface area contributed by atoms with E-state index in [1.54, 1.807) is 11.1 Å². The molecule has 2 aliphatic heterocycles. The highest BCUT2D eigenvalue weighted by atomic mass is 15.6. The van der Waals surface area contributed by atoms with Gasteiger partial charge in [-0.25, -0.2) is 0 Å². The van der Waals surface area contributed by atoms with E-state index >= 15 is 0 Å². The van der Waals surface area contributed by atoms with E-state index in [0.717, 1.165) is 25.6 Å². The van der Waals surface area contributed by atoms with Crippen LogP contribution >= 0.6 is 0 Å². The molecule has 1 aromatic carbocycles. The number of aryl methyl sites for hydroxylation is 1. The number of nitrogens with one attached hydrogen (secondary N) is 2. The summed E-state index contributed by atoms with van der Waals surface area (Å²) in [5.41, 5.74) is 7.91. The molecule has 0 fully saturated rings. The summed E-state index contributed by atoms with van der Waals surface area (Å²) in [4.78, 5) is 4.41. The summed E-state index contributed by atoms with van der Waals surface area (Å²) in [6.07, 6.45) is 3.89. The van der Waals surface area contributed by atoms with E-state index < -0.39 is 0 Å². The van der Waals surface area contributed by atoms with Crippen molar-refractivity contribution in [3.05, 3.63) is 29.3 Å². The van der Waals surface area contributed by atoms with Crippen molar-refractivity contribution >= 4 is 11.6 Å². The van der Waals surface area contributed by atoms with Gasteiger partial charge in [-0.1, -0.05) is 12.1 Å². The third kappa shape index (κ3) is 1.48. The van der Waals surface area contributed by atoms with E-state index in [2.05, 4.69) is 38.9 Å². The molecule has 4 heteroatoms. The predicted octanol–water partition coefficient (Wildman–Crippen LogP) is 1.39. The number of benzene rings is 1. The van der Waals surface area contributed by atoms with Crippen LogP contribution in [0.15, 0.2) is 23.2 Å². The van der Waals surface area contributed by atoms with E-state index in [0.29, 0.717) is 5.92 Å². The van der Waals surface area contributed by atoms with Crippen LogP contribution in [0.1, 0.15) is 29.9 Å². The average molecular weight is 242 g/mol. The van der Waals surface area contributed by atoms with E-state index in [1.165, 1.54) is 24.9 Å². The minimum Gasteiger partial charge on any atom is -0.353 e. The first-order chi connectivity index (χ1) is 8.92. The molecular weight excluding hydrogens is 224 g/mol. The lowest BCUT2D eigenvalue weighted by atomic mass is 9.84. The predicted molar refractivity (Wildman–Crippen MR) is 72.9 cm³/mol. The van der Waals surface area contributed by atoms with Gasteiger partial charge < -0.3 is 5.32 Å². The van der Waals surface area contributed by atoms with Crippen molar-refractivity contribution in [1.29, 1.82) is 0 Å². The number of rotatable bonds is 1. The molecular formula is C14H18N4. The molecule has 1 aromatic rings. The lowest BCUT2D eigenvalue weighted by molar-refractivity contribution is 0.566. The van der Waals surface area contributed by atoms with E-state index in [9.17, 15) is 0 Å². The van der Waals surface area contributed by atoms with Crippen LogP contribution in [-0.4, -0.2) is 25.6 Å². The summed E-state index contributed by atoms with van der Waals surface area (Å²) < 4.78 is 0. The van der Waals surface area contributed by atoms with Crippen LogP contribution in [0.5, 0.6) is 0 Å². The van der Waals surface area contributed by atoms with Gasteiger partial charge in [0.25, 0.3) is 0 Å². The molecule has 1 aliphatic carbocycles. The van der Waals surface area contributed by atoms with Gasteiger partial charge >= 0.3 is 0 Å². The number of nitrogens with zero attached hydrogens (tertiary/aromatic N) is 2. The van der Waals surface area contributed by atoms with E-state index in [1.807, 2.05) is 0 Å². The maximum Gasteiger partial charge on any atom is 0.210 e. The Morgan fingerprint density at radius 3 is 3.28 bits per heavy atom. The van der Waals surface area contributed by atoms with Gasteiger partial charge in [0.2, 0.25) is 5.96 Å². The number of guanidine groups is 1. The Kier molecular flexibility index (Phi) is 2.22. The Morgan fingerprint density at radius 1 is 1.39 bits per heavy atom. The van der Waals surface area contributed by atoms with Gasteiger partial charge in [0.15, 0.2) is 0 Å². The number of hydrazine groups is 1. The van der Waals surface area contributed by atoms with Gasteiger partial charge in [0.05, 0.1) is 12.2 Å². The molecule has 1 unspecified atom stereocenters. The lowest BCUT2D eigenvalue weighted by Gasteiger charge is -2.21. The molecule has 0 aromatic heterocycles. The van der Waals surface area contributed by atoms with Crippen molar-refractivity contribution in [3.63, 3.8) is 0 Å². The molecule has 0 saturated carbocycles. The maximum absolute atomic E-state index is 4.41.